The molecule has 0 spiro atoms. The van der Waals surface area contributed by atoms with Crippen molar-refractivity contribution >= 4 is 5.91 Å². The first-order chi connectivity index (χ1) is 14.7. The van der Waals surface area contributed by atoms with Crippen molar-refractivity contribution in [3.63, 3.8) is 0 Å². The maximum Gasteiger partial charge on any atom is 0.227 e. The van der Waals surface area contributed by atoms with Gasteiger partial charge in [-0.25, -0.2) is 0 Å². The fourth-order valence-corrected chi connectivity index (χ4v) is 4.12. The van der Waals surface area contributed by atoms with Crippen LogP contribution < -0.4 is 0 Å². The summed E-state index contributed by atoms with van der Waals surface area (Å²) in [7, 11) is 0. The predicted octanol–water partition coefficient (Wildman–Crippen LogP) is 3.67. The molecule has 0 N–H and O–H groups in total. The number of likely N-dealkylation sites (N-methyl/N-ethyl adjacent to an activating group) is 1. The molecule has 1 aliphatic rings. The van der Waals surface area contributed by atoms with Crippen LogP contribution in [0.25, 0.3) is 11.1 Å². The Hall–Kier alpha value is -3.05. The van der Waals surface area contributed by atoms with Gasteiger partial charge in [0, 0.05) is 57.5 Å². The Labute approximate surface area is 178 Å². The number of amides is 1. The van der Waals surface area contributed by atoms with Crippen LogP contribution in [0.5, 0.6) is 0 Å². The summed E-state index contributed by atoms with van der Waals surface area (Å²) in [5, 5.41) is 0. The van der Waals surface area contributed by atoms with Crippen molar-refractivity contribution in [2.24, 2.45) is 5.92 Å². The maximum absolute atomic E-state index is 13.1. The van der Waals surface area contributed by atoms with Gasteiger partial charge in [0.1, 0.15) is 0 Å². The molecule has 1 saturated heterocycles. The molecule has 0 aliphatic carbocycles. The fraction of sp³-hybridized carbons (Fsp3) is 0.320. The Morgan fingerprint density at radius 3 is 2.40 bits per heavy atom. The van der Waals surface area contributed by atoms with Crippen LogP contribution in [0.4, 0.5) is 0 Å². The van der Waals surface area contributed by atoms with E-state index >= 15 is 0 Å². The van der Waals surface area contributed by atoms with E-state index in [9.17, 15) is 4.79 Å². The quantitative estimate of drug-likeness (QED) is 0.634. The van der Waals surface area contributed by atoms with Crippen molar-refractivity contribution in [1.29, 1.82) is 0 Å². The monoisotopic (exact) mass is 400 g/mol. The van der Waals surface area contributed by atoms with E-state index in [0.717, 1.165) is 50.3 Å². The summed E-state index contributed by atoms with van der Waals surface area (Å²) in [6, 6.07) is 16.7. The second-order valence-corrected chi connectivity index (χ2v) is 7.85. The first-order valence-electron chi connectivity index (χ1n) is 10.6. The molecule has 3 heterocycles. The molecule has 0 radical (unpaired) electrons. The zero-order valence-corrected chi connectivity index (χ0v) is 17.4. The highest BCUT2D eigenvalue weighted by Crippen LogP contribution is 2.22. The van der Waals surface area contributed by atoms with E-state index < -0.39 is 0 Å². The number of nitrogens with zero attached hydrogens (tertiary/aromatic N) is 4. The molecule has 5 heteroatoms. The van der Waals surface area contributed by atoms with Crippen molar-refractivity contribution in [2.75, 3.05) is 26.2 Å². The minimum atomic E-state index is -0.0291. The van der Waals surface area contributed by atoms with Gasteiger partial charge in [0.2, 0.25) is 5.91 Å². The molecule has 0 unspecified atom stereocenters. The Morgan fingerprint density at radius 2 is 1.70 bits per heavy atom. The number of carbonyl (C=O) groups is 1. The summed E-state index contributed by atoms with van der Waals surface area (Å²) < 4.78 is 0. The Balaban J connectivity index is 1.49. The van der Waals surface area contributed by atoms with Crippen molar-refractivity contribution in [3.8, 4) is 11.1 Å². The van der Waals surface area contributed by atoms with Crippen LogP contribution in [0.15, 0.2) is 73.3 Å². The second kappa shape index (κ2) is 9.63. The summed E-state index contributed by atoms with van der Waals surface area (Å²) in [6.45, 7) is 6.15. The summed E-state index contributed by atoms with van der Waals surface area (Å²) >= 11 is 0. The predicted molar refractivity (Wildman–Crippen MR) is 119 cm³/mol. The van der Waals surface area contributed by atoms with Crippen LogP contribution >= 0.6 is 0 Å². The van der Waals surface area contributed by atoms with Crippen LogP contribution in [-0.2, 0) is 17.8 Å². The third-order valence-corrected chi connectivity index (χ3v) is 5.79. The molecule has 1 aliphatic heterocycles. The molecule has 1 atom stereocenters. The molecule has 0 bridgehead atoms. The number of benzene rings is 1. The number of hydrogen-bond donors (Lipinski definition) is 0. The summed E-state index contributed by atoms with van der Waals surface area (Å²) in [5.74, 6) is 0.240. The minimum Gasteiger partial charge on any atom is -0.341 e. The third kappa shape index (κ3) is 4.92. The molecule has 1 amide bonds. The minimum absolute atomic E-state index is 0.0291. The van der Waals surface area contributed by atoms with Gasteiger partial charge in [-0.15, -0.1) is 0 Å². The Bertz CT molecular complexity index is 944. The van der Waals surface area contributed by atoms with E-state index in [4.69, 9.17) is 0 Å². The largest absolute Gasteiger partial charge is 0.341 e. The summed E-state index contributed by atoms with van der Waals surface area (Å²) in [5.41, 5.74) is 4.69. The van der Waals surface area contributed by atoms with Gasteiger partial charge in [0.25, 0.3) is 0 Å². The van der Waals surface area contributed by atoms with E-state index in [-0.39, 0.29) is 11.8 Å². The van der Waals surface area contributed by atoms with Crippen LogP contribution in [0.2, 0.25) is 0 Å². The zero-order valence-electron chi connectivity index (χ0n) is 17.4. The van der Waals surface area contributed by atoms with E-state index in [0.29, 0.717) is 0 Å². The average molecular weight is 401 g/mol. The van der Waals surface area contributed by atoms with E-state index in [1.165, 1.54) is 11.1 Å². The lowest BCUT2D eigenvalue weighted by atomic mass is 9.96. The lowest BCUT2D eigenvalue weighted by molar-refractivity contribution is -0.134. The number of carbonyl (C=O) groups excluding carboxylic acids is 1. The van der Waals surface area contributed by atoms with Crippen molar-refractivity contribution in [3.05, 3.63) is 84.4 Å². The van der Waals surface area contributed by atoms with E-state index in [1.807, 2.05) is 29.6 Å². The highest BCUT2D eigenvalue weighted by atomic mass is 16.2. The van der Waals surface area contributed by atoms with Crippen LogP contribution in [-0.4, -0.2) is 51.9 Å². The second-order valence-electron chi connectivity index (χ2n) is 7.85. The van der Waals surface area contributed by atoms with E-state index in [1.54, 1.807) is 6.20 Å². The highest BCUT2D eigenvalue weighted by Gasteiger charge is 2.29. The Kier molecular flexibility index (Phi) is 6.50. The third-order valence-electron chi connectivity index (χ3n) is 5.79. The summed E-state index contributed by atoms with van der Waals surface area (Å²) in [6.07, 6.45) is 8.08. The fourth-order valence-electron chi connectivity index (χ4n) is 4.12. The van der Waals surface area contributed by atoms with Gasteiger partial charge in [-0.2, -0.15) is 0 Å². The molecule has 1 fully saturated rings. The van der Waals surface area contributed by atoms with Gasteiger partial charge >= 0.3 is 0 Å². The van der Waals surface area contributed by atoms with Gasteiger partial charge in [-0.05, 0) is 53.8 Å². The van der Waals surface area contributed by atoms with E-state index in [2.05, 4.69) is 64.3 Å². The SMILES string of the molecule is CCN1CCN(Cc2ccncc2)C[C@H](Cc2ccc(-c3cccnc3)cc2)C1=O. The van der Waals surface area contributed by atoms with Crippen LogP contribution in [0, 0.1) is 5.92 Å². The van der Waals surface area contributed by atoms with Gasteiger partial charge in [-0.3, -0.25) is 19.7 Å². The molecule has 0 saturated carbocycles. The molecule has 4 rings (SSSR count). The van der Waals surface area contributed by atoms with Crippen LogP contribution in [0.1, 0.15) is 18.1 Å². The molecule has 2 aromatic heterocycles. The van der Waals surface area contributed by atoms with Gasteiger partial charge < -0.3 is 4.90 Å². The molecule has 5 nitrogen and oxygen atoms in total. The molecule has 1 aromatic carbocycles. The normalized spacial score (nSPS) is 17.7. The first-order valence-corrected chi connectivity index (χ1v) is 10.6. The number of pyridine rings is 2. The number of rotatable bonds is 6. The van der Waals surface area contributed by atoms with Crippen molar-refractivity contribution < 1.29 is 4.79 Å². The van der Waals surface area contributed by atoms with Crippen LogP contribution in [0.3, 0.4) is 0 Å². The number of hydrogen-bond acceptors (Lipinski definition) is 4. The summed E-state index contributed by atoms with van der Waals surface area (Å²) in [4.78, 5) is 25.9. The topological polar surface area (TPSA) is 49.3 Å². The lowest BCUT2D eigenvalue weighted by Crippen LogP contribution is -2.37. The molecule has 3 aromatic rings. The van der Waals surface area contributed by atoms with Crippen molar-refractivity contribution in [2.45, 2.75) is 19.9 Å². The standard InChI is InChI=1S/C25H28N4O/c1-2-29-15-14-28(18-21-9-12-26-13-10-21)19-24(25(29)30)16-20-5-7-22(8-6-20)23-4-3-11-27-17-23/h3-13,17,24H,2,14-16,18-19H2,1H3/t24-/m0/s1. The van der Waals surface area contributed by atoms with Gasteiger partial charge in [0.15, 0.2) is 0 Å². The lowest BCUT2D eigenvalue weighted by Gasteiger charge is -2.23. The molecular formula is C25H28N4O. The average Bonchev–Trinajstić information content (AvgIpc) is 2.94. The first kappa shape index (κ1) is 20.2. The zero-order chi connectivity index (χ0) is 20.8. The molecule has 30 heavy (non-hydrogen) atoms. The Morgan fingerprint density at radius 1 is 0.900 bits per heavy atom. The van der Waals surface area contributed by atoms with Crippen molar-refractivity contribution in [1.82, 2.24) is 19.8 Å². The highest BCUT2D eigenvalue weighted by molar-refractivity contribution is 5.79. The van der Waals surface area contributed by atoms with Gasteiger partial charge in [0.05, 0.1) is 5.92 Å². The number of aromatic nitrogens is 2. The molecule has 154 valence electrons. The van der Waals surface area contributed by atoms with Gasteiger partial charge in [-0.1, -0.05) is 30.3 Å². The molecular weight excluding hydrogens is 372 g/mol. The maximum atomic E-state index is 13.1. The smallest absolute Gasteiger partial charge is 0.227 e.